The molecule has 78 valence electrons. The maximum absolute atomic E-state index is 8.54. The molecule has 0 saturated carbocycles. The van der Waals surface area contributed by atoms with E-state index in [-0.39, 0.29) is 6.61 Å². The molecule has 0 aromatic carbocycles. The molecule has 1 aliphatic heterocycles. The van der Waals surface area contributed by atoms with E-state index in [2.05, 4.69) is 6.92 Å². The van der Waals surface area contributed by atoms with Gasteiger partial charge in [-0.2, -0.15) is 0 Å². The Hall–Kier alpha value is -0.120. The van der Waals surface area contributed by atoms with Crippen molar-refractivity contribution >= 4 is 0 Å². The lowest BCUT2D eigenvalue weighted by Crippen LogP contribution is -2.15. The fraction of sp³-hybridized carbons (Fsp3) is 1.00. The number of hydrogen-bond acceptors (Lipinski definition) is 3. The Balaban J connectivity index is 1.90. The maximum atomic E-state index is 8.54. The van der Waals surface area contributed by atoms with Crippen molar-refractivity contribution in [3.05, 3.63) is 0 Å². The second-order valence-electron chi connectivity index (χ2n) is 3.55. The lowest BCUT2D eigenvalue weighted by molar-refractivity contribution is 0.0812. The molecule has 0 aromatic heterocycles. The second kappa shape index (κ2) is 6.35. The quantitative estimate of drug-likeness (QED) is 0.459. The molecule has 3 nitrogen and oxygen atoms in total. The molecule has 1 N–H and O–H groups in total. The highest BCUT2D eigenvalue weighted by molar-refractivity contribution is 4.77. The number of ether oxygens (including phenoxy) is 2. The number of rotatable bonds is 8. The van der Waals surface area contributed by atoms with E-state index in [4.69, 9.17) is 14.6 Å². The van der Waals surface area contributed by atoms with Crippen molar-refractivity contribution in [3.63, 3.8) is 0 Å². The Morgan fingerprint density at radius 1 is 1.54 bits per heavy atom. The third-order valence-electron chi connectivity index (χ3n) is 2.44. The van der Waals surface area contributed by atoms with E-state index < -0.39 is 0 Å². The van der Waals surface area contributed by atoms with E-state index in [1.165, 1.54) is 0 Å². The Kier molecular flexibility index (Phi) is 5.35. The highest BCUT2D eigenvalue weighted by atomic mass is 16.6. The average molecular weight is 188 g/mol. The third-order valence-corrected chi connectivity index (χ3v) is 2.44. The van der Waals surface area contributed by atoms with Crippen molar-refractivity contribution in [2.24, 2.45) is 5.92 Å². The summed E-state index contributed by atoms with van der Waals surface area (Å²) in [5.74, 6) is 0.578. The van der Waals surface area contributed by atoms with Gasteiger partial charge in [0.1, 0.15) is 0 Å². The van der Waals surface area contributed by atoms with Gasteiger partial charge in [0.05, 0.1) is 19.3 Å². The summed E-state index contributed by atoms with van der Waals surface area (Å²) in [4.78, 5) is 0. The molecule has 0 aromatic rings. The predicted octanol–water partition coefficient (Wildman–Crippen LogP) is 1.20. The van der Waals surface area contributed by atoms with Crippen LogP contribution in [-0.2, 0) is 9.47 Å². The number of unbranched alkanes of at least 4 members (excludes halogenated alkanes) is 1. The van der Waals surface area contributed by atoms with Gasteiger partial charge in [-0.25, -0.2) is 0 Å². The largest absolute Gasteiger partial charge is 0.396 e. The maximum Gasteiger partial charge on any atom is 0.0859 e. The Labute approximate surface area is 80.0 Å². The summed E-state index contributed by atoms with van der Waals surface area (Å²) in [5, 5.41) is 8.54. The van der Waals surface area contributed by atoms with Crippen LogP contribution in [-0.4, -0.2) is 37.6 Å². The summed E-state index contributed by atoms with van der Waals surface area (Å²) >= 11 is 0. The zero-order valence-corrected chi connectivity index (χ0v) is 8.37. The summed E-state index contributed by atoms with van der Waals surface area (Å²) in [6.07, 6.45) is 3.39. The Bertz CT molecular complexity index is 123. The fourth-order valence-corrected chi connectivity index (χ4v) is 1.37. The fourth-order valence-electron chi connectivity index (χ4n) is 1.37. The molecule has 13 heavy (non-hydrogen) atoms. The topological polar surface area (TPSA) is 42.0 Å². The monoisotopic (exact) mass is 188 g/mol. The van der Waals surface area contributed by atoms with E-state index in [1.54, 1.807) is 0 Å². The summed E-state index contributed by atoms with van der Waals surface area (Å²) in [6.45, 7) is 4.94. The van der Waals surface area contributed by atoms with Crippen molar-refractivity contribution in [2.75, 3.05) is 26.4 Å². The summed E-state index contributed by atoms with van der Waals surface area (Å²) in [7, 11) is 0. The van der Waals surface area contributed by atoms with Crippen LogP contribution in [0, 0.1) is 5.92 Å². The predicted molar refractivity (Wildman–Crippen MR) is 50.7 cm³/mol. The van der Waals surface area contributed by atoms with Crippen molar-refractivity contribution < 1.29 is 14.6 Å². The molecule has 1 fully saturated rings. The summed E-state index contributed by atoms with van der Waals surface area (Å²) < 4.78 is 10.7. The van der Waals surface area contributed by atoms with Crippen LogP contribution in [0.4, 0.5) is 0 Å². The van der Waals surface area contributed by atoms with Crippen LogP contribution in [0.15, 0.2) is 0 Å². The SMILES string of the molecule is CCC(COCCCCO)C1CO1. The molecule has 1 aliphatic rings. The van der Waals surface area contributed by atoms with Crippen LogP contribution >= 0.6 is 0 Å². The van der Waals surface area contributed by atoms with Crippen molar-refractivity contribution in [1.82, 2.24) is 0 Å². The number of epoxide rings is 1. The highest BCUT2D eigenvalue weighted by Gasteiger charge is 2.31. The minimum absolute atomic E-state index is 0.270. The molecule has 0 amide bonds. The van der Waals surface area contributed by atoms with E-state index >= 15 is 0 Å². The molecule has 0 bridgehead atoms. The lowest BCUT2D eigenvalue weighted by Gasteiger charge is -2.11. The van der Waals surface area contributed by atoms with E-state index in [0.29, 0.717) is 12.0 Å². The lowest BCUT2D eigenvalue weighted by atomic mass is 10.0. The van der Waals surface area contributed by atoms with Gasteiger partial charge in [-0.15, -0.1) is 0 Å². The minimum Gasteiger partial charge on any atom is -0.396 e. The van der Waals surface area contributed by atoms with Gasteiger partial charge in [0.2, 0.25) is 0 Å². The van der Waals surface area contributed by atoms with Crippen molar-refractivity contribution in [1.29, 1.82) is 0 Å². The number of hydrogen-bond donors (Lipinski definition) is 1. The smallest absolute Gasteiger partial charge is 0.0859 e. The van der Waals surface area contributed by atoms with Gasteiger partial charge < -0.3 is 14.6 Å². The molecule has 1 rings (SSSR count). The van der Waals surface area contributed by atoms with Gasteiger partial charge in [0.15, 0.2) is 0 Å². The first-order valence-corrected chi connectivity index (χ1v) is 5.18. The Morgan fingerprint density at radius 3 is 2.85 bits per heavy atom. The van der Waals surface area contributed by atoms with Crippen molar-refractivity contribution in [2.45, 2.75) is 32.3 Å². The summed E-state index contributed by atoms with van der Waals surface area (Å²) in [6, 6.07) is 0. The molecule has 2 atom stereocenters. The Morgan fingerprint density at radius 2 is 2.31 bits per heavy atom. The van der Waals surface area contributed by atoms with Gasteiger partial charge in [0, 0.05) is 19.1 Å². The zero-order valence-electron chi connectivity index (χ0n) is 8.37. The normalized spacial score (nSPS) is 23.1. The molecule has 1 heterocycles. The van der Waals surface area contributed by atoms with Gasteiger partial charge in [-0.05, 0) is 19.3 Å². The van der Waals surface area contributed by atoms with E-state index in [9.17, 15) is 0 Å². The van der Waals surface area contributed by atoms with Crippen LogP contribution in [0.2, 0.25) is 0 Å². The van der Waals surface area contributed by atoms with Crippen LogP contribution in [0.25, 0.3) is 0 Å². The van der Waals surface area contributed by atoms with Crippen LogP contribution in [0.5, 0.6) is 0 Å². The average Bonchev–Trinajstić information content (AvgIpc) is 2.95. The molecule has 0 aliphatic carbocycles. The molecule has 3 heteroatoms. The first-order chi connectivity index (χ1) is 6.38. The van der Waals surface area contributed by atoms with Gasteiger partial charge in [0.25, 0.3) is 0 Å². The highest BCUT2D eigenvalue weighted by Crippen LogP contribution is 2.23. The van der Waals surface area contributed by atoms with Crippen LogP contribution in [0.1, 0.15) is 26.2 Å². The molecular formula is C10H20O3. The molecular weight excluding hydrogens is 168 g/mol. The number of aliphatic hydroxyl groups excluding tert-OH is 1. The van der Waals surface area contributed by atoms with Crippen molar-refractivity contribution in [3.8, 4) is 0 Å². The van der Waals surface area contributed by atoms with Crippen LogP contribution < -0.4 is 0 Å². The van der Waals surface area contributed by atoms with Gasteiger partial charge >= 0.3 is 0 Å². The molecule has 1 saturated heterocycles. The zero-order chi connectivity index (χ0) is 9.52. The first-order valence-electron chi connectivity index (χ1n) is 5.18. The van der Waals surface area contributed by atoms with Crippen LogP contribution in [0.3, 0.4) is 0 Å². The first kappa shape index (κ1) is 11.0. The molecule has 2 unspecified atom stereocenters. The van der Waals surface area contributed by atoms with Gasteiger partial charge in [-0.3, -0.25) is 0 Å². The molecule has 0 radical (unpaired) electrons. The summed E-state index contributed by atoms with van der Waals surface area (Å²) in [5.41, 5.74) is 0. The van der Waals surface area contributed by atoms with E-state index in [0.717, 1.165) is 39.1 Å². The molecule has 0 spiro atoms. The van der Waals surface area contributed by atoms with E-state index in [1.807, 2.05) is 0 Å². The minimum atomic E-state index is 0.270. The second-order valence-corrected chi connectivity index (χ2v) is 3.55. The number of aliphatic hydroxyl groups is 1. The standard InChI is InChI=1S/C10H20O3/c1-2-9(10-8-13-10)7-12-6-4-3-5-11/h9-11H,2-8H2,1H3. The van der Waals surface area contributed by atoms with Gasteiger partial charge in [-0.1, -0.05) is 6.92 Å². The third kappa shape index (κ3) is 4.60.